The van der Waals surface area contributed by atoms with Gasteiger partial charge in [-0.25, -0.2) is 0 Å². The van der Waals surface area contributed by atoms with Crippen LogP contribution in [0.1, 0.15) is 49.3 Å². The summed E-state index contributed by atoms with van der Waals surface area (Å²) in [5.74, 6) is 0.718. The van der Waals surface area contributed by atoms with Crippen LogP contribution in [0.3, 0.4) is 0 Å². The molecule has 7 nitrogen and oxygen atoms in total. The molecule has 1 unspecified atom stereocenters. The van der Waals surface area contributed by atoms with Crippen LogP contribution in [0, 0.1) is 0 Å². The molecular formula is C27H44N2O5Si. The molecule has 1 atom stereocenters. The standard InChI is InChI=1S/C27H44N2O5Si/c1-7-22(2)23-18-24(20-28(3)15-16-30)27(31)25(19-23)21-29(26-12-9-8-10-13-26)14-11-17-35(32-4,33-5)34-6/h8-10,12-13,18-19,22,30-31H,7,11,14-17,20-21H2,1-6H3. The molecule has 0 saturated heterocycles. The van der Waals surface area contributed by atoms with E-state index in [1.807, 2.05) is 30.1 Å². The number of likely N-dealkylation sites (N-methyl/N-ethyl adjacent to an activating group) is 1. The lowest BCUT2D eigenvalue weighted by atomic mass is 9.93. The highest BCUT2D eigenvalue weighted by Crippen LogP contribution is 2.32. The number of aromatic hydroxyl groups is 1. The molecule has 2 aromatic rings. The first kappa shape index (κ1) is 29.3. The maximum atomic E-state index is 11.3. The van der Waals surface area contributed by atoms with Crippen LogP contribution >= 0.6 is 0 Å². The molecule has 0 aliphatic heterocycles. The Kier molecular flexibility index (Phi) is 12.2. The molecule has 2 rings (SSSR count). The number of anilines is 1. The molecule has 0 radical (unpaired) electrons. The molecule has 2 aromatic carbocycles. The molecule has 196 valence electrons. The minimum Gasteiger partial charge on any atom is -0.507 e. The van der Waals surface area contributed by atoms with Crippen molar-refractivity contribution in [2.75, 3.05) is 53.0 Å². The molecule has 0 aromatic heterocycles. The fourth-order valence-corrected chi connectivity index (χ4v) is 5.98. The van der Waals surface area contributed by atoms with Gasteiger partial charge in [-0.15, -0.1) is 0 Å². The molecule has 8 heteroatoms. The Morgan fingerprint density at radius 1 is 0.943 bits per heavy atom. The third kappa shape index (κ3) is 8.30. The third-order valence-corrected chi connectivity index (χ3v) is 9.55. The van der Waals surface area contributed by atoms with Crippen LogP contribution in [0.25, 0.3) is 0 Å². The fourth-order valence-electron chi connectivity index (χ4n) is 4.28. The van der Waals surface area contributed by atoms with E-state index in [-0.39, 0.29) is 6.61 Å². The van der Waals surface area contributed by atoms with Gasteiger partial charge in [0, 0.05) is 70.4 Å². The van der Waals surface area contributed by atoms with Gasteiger partial charge in [0.15, 0.2) is 0 Å². The first-order valence-electron chi connectivity index (χ1n) is 12.4. The fraction of sp³-hybridized carbons (Fsp3) is 0.556. The predicted molar refractivity (Wildman–Crippen MR) is 144 cm³/mol. The van der Waals surface area contributed by atoms with Crippen molar-refractivity contribution < 1.29 is 23.5 Å². The van der Waals surface area contributed by atoms with E-state index in [1.54, 1.807) is 21.3 Å². The Hall–Kier alpha value is -1.94. The second kappa shape index (κ2) is 14.6. The van der Waals surface area contributed by atoms with Crippen LogP contribution in [0.5, 0.6) is 5.75 Å². The Bertz CT molecular complexity index is 871. The zero-order chi connectivity index (χ0) is 25.8. The lowest BCUT2D eigenvalue weighted by Gasteiger charge is -2.29. The lowest BCUT2D eigenvalue weighted by Crippen LogP contribution is -2.43. The molecule has 0 spiro atoms. The number of hydrogen-bond donors (Lipinski definition) is 2. The van der Waals surface area contributed by atoms with Gasteiger partial charge in [-0.3, -0.25) is 4.90 Å². The van der Waals surface area contributed by atoms with Gasteiger partial charge < -0.3 is 28.4 Å². The highest BCUT2D eigenvalue weighted by molar-refractivity contribution is 6.60. The first-order valence-corrected chi connectivity index (χ1v) is 14.4. The molecule has 0 bridgehead atoms. The predicted octanol–water partition coefficient (Wildman–Crippen LogP) is 4.60. The summed E-state index contributed by atoms with van der Waals surface area (Å²) >= 11 is 0. The molecule has 35 heavy (non-hydrogen) atoms. The van der Waals surface area contributed by atoms with Crippen LogP contribution in [0.4, 0.5) is 5.69 Å². The van der Waals surface area contributed by atoms with Crippen LogP contribution in [-0.4, -0.2) is 72.0 Å². The van der Waals surface area contributed by atoms with E-state index in [1.165, 1.54) is 5.56 Å². The summed E-state index contributed by atoms with van der Waals surface area (Å²) < 4.78 is 16.8. The van der Waals surface area contributed by atoms with Crippen molar-refractivity contribution in [1.29, 1.82) is 0 Å². The largest absolute Gasteiger partial charge is 0.507 e. The first-order chi connectivity index (χ1) is 16.8. The van der Waals surface area contributed by atoms with Crippen LogP contribution < -0.4 is 4.90 Å². The number of para-hydroxylation sites is 1. The number of aliphatic hydroxyl groups excluding tert-OH is 1. The van der Waals surface area contributed by atoms with Gasteiger partial charge in [0.05, 0.1) is 6.61 Å². The van der Waals surface area contributed by atoms with Gasteiger partial charge >= 0.3 is 8.80 Å². The van der Waals surface area contributed by atoms with Crippen LogP contribution in [-0.2, 0) is 26.4 Å². The summed E-state index contributed by atoms with van der Waals surface area (Å²) in [7, 11) is 4.23. The van der Waals surface area contributed by atoms with Crippen molar-refractivity contribution >= 4 is 14.5 Å². The zero-order valence-electron chi connectivity index (χ0n) is 22.3. The summed E-state index contributed by atoms with van der Waals surface area (Å²) in [4.78, 5) is 4.31. The average Bonchev–Trinajstić information content (AvgIpc) is 2.88. The van der Waals surface area contributed by atoms with Gasteiger partial charge in [-0.2, -0.15) is 0 Å². The van der Waals surface area contributed by atoms with E-state index in [9.17, 15) is 10.2 Å². The number of phenols is 1. The van der Waals surface area contributed by atoms with Gasteiger partial charge in [-0.1, -0.05) is 44.2 Å². The van der Waals surface area contributed by atoms with E-state index >= 15 is 0 Å². The smallest absolute Gasteiger partial charge is 0.500 e. The van der Waals surface area contributed by atoms with E-state index in [0.29, 0.717) is 37.3 Å². The normalized spacial score (nSPS) is 12.8. The Balaban J connectivity index is 2.36. The SMILES string of the molecule is CCC(C)c1cc(CN(C)CCO)c(O)c(CN(CCC[Si](OC)(OC)OC)c2ccccc2)c1. The number of aliphatic hydroxyl groups is 1. The van der Waals surface area contributed by atoms with Gasteiger partial charge in [0.1, 0.15) is 5.75 Å². The quantitative estimate of drug-likeness (QED) is 0.324. The highest BCUT2D eigenvalue weighted by Gasteiger charge is 2.37. The summed E-state index contributed by atoms with van der Waals surface area (Å²) in [5.41, 5.74) is 4.13. The summed E-state index contributed by atoms with van der Waals surface area (Å²) in [6.07, 6.45) is 1.85. The van der Waals surface area contributed by atoms with E-state index in [2.05, 4.69) is 43.0 Å². The topological polar surface area (TPSA) is 74.6 Å². The monoisotopic (exact) mass is 504 g/mol. The van der Waals surface area contributed by atoms with Crippen molar-refractivity contribution in [3.63, 3.8) is 0 Å². The minimum absolute atomic E-state index is 0.0895. The number of hydrogen-bond acceptors (Lipinski definition) is 7. The maximum Gasteiger partial charge on any atom is 0.500 e. The van der Waals surface area contributed by atoms with E-state index in [4.69, 9.17) is 13.3 Å². The molecular weight excluding hydrogens is 460 g/mol. The third-order valence-electron chi connectivity index (χ3n) is 6.72. The minimum atomic E-state index is -2.65. The van der Waals surface area contributed by atoms with Crippen LogP contribution in [0.2, 0.25) is 6.04 Å². The number of phenolic OH excluding ortho intramolecular Hbond substituents is 1. The van der Waals surface area contributed by atoms with Crippen molar-refractivity contribution in [3.05, 3.63) is 59.2 Å². The van der Waals surface area contributed by atoms with Gasteiger partial charge in [0.25, 0.3) is 0 Å². The summed E-state index contributed by atoms with van der Waals surface area (Å²) in [5, 5.41) is 20.6. The molecule has 0 aliphatic carbocycles. The average molecular weight is 505 g/mol. The second-order valence-electron chi connectivity index (χ2n) is 9.11. The number of rotatable bonds is 16. The Morgan fingerprint density at radius 3 is 2.09 bits per heavy atom. The van der Waals surface area contributed by atoms with Crippen molar-refractivity contribution in [1.82, 2.24) is 4.90 Å². The molecule has 0 fully saturated rings. The molecule has 0 heterocycles. The molecule has 2 N–H and O–H groups in total. The van der Waals surface area contributed by atoms with Crippen molar-refractivity contribution in [2.24, 2.45) is 0 Å². The highest BCUT2D eigenvalue weighted by atomic mass is 28.4. The van der Waals surface area contributed by atoms with Gasteiger partial charge in [-0.05, 0) is 43.5 Å². The van der Waals surface area contributed by atoms with Crippen molar-refractivity contribution in [2.45, 2.75) is 51.7 Å². The summed E-state index contributed by atoms with van der Waals surface area (Å²) in [6.45, 7) is 6.98. The van der Waals surface area contributed by atoms with Crippen LogP contribution in [0.15, 0.2) is 42.5 Å². The Morgan fingerprint density at radius 2 is 1.54 bits per heavy atom. The molecule has 0 aliphatic rings. The number of nitrogens with zero attached hydrogens (tertiary/aromatic N) is 2. The number of benzene rings is 2. The molecule has 0 saturated carbocycles. The van der Waals surface area contributed by atoms with E-state index in [0.717, 1.165) is 36.2 Å². The second-order valence-corrected chi connectivity index (χ2v) is 12.2. The lowest BCUT2D eigenvalue weighted by molar-refractivity contribution is 0.123. The summed E-state index contributed by atoms with van der Waals surface area (Å²) in [6, 6.07) is 15.2. The van der Waals surface area contributed by atoms with Gasteiger partial charge in [0.2, 0.25) is 0 Å². The Labute approximate surface area is 212 Å². The maximum absolute atomic E-state index is 11.3. The molecule has 0 amide bonds. The van der Waals surface area contributed by atoms with Crippen molar-refractivity contribution in [3.8, 4) is 5.75 Å². The zero-order valence-corrected chi connectivity index (χ0v) is 23.3. The van der Waals surface area contributed by atoms with E-state index < -0.39 is 8.80 Å².